The van der Waals surface area contributed by atoms with Gasteiger partial charge in [0.1, 0.15) is 6.10 Å². The minimum Gasteiger partial charge on any atom is -0.365 e. The largest absolute Gasteiger partial charge is 0.365 e. The van der Waals surface area contributed by atoms with Gasteiger partial charge >= 0.3 is 0 Å². The first kappa shape index (κ1) is 14.5. The second-order valence-electron chi connectivity index (χ2n) is 6.13. The summed E-state index contributed by atoms with van der Waals surface area (Å²) in [6.07, 6.45) is 5.96. The van der Waals surface area contributed by atoms with Crippen molar-refractivity contribution in [3.8, 4) is 0 Å². The van der Waals surface area contributed by atoms with Gasteiger partial charge in [-0.3, -0.25) is 4.79 Å². The molecule has 0 radical (unpaired) electrons. The minimum absolute atomic E-state index is 0.0127. The number of hydrogen-bond acceptors (Lipinski definition) is 3. The van der Waals surface area contributed by atoms with Crippen LogP contribution in [0.3, 0.4) is 0 Å². The number of fused-ring (bicyclic) bond motifs is 1. The fourth-order valence-corrected chi connectivity index (χ4v) is 3.45. The van der Waals surface area contributed by atoms with Crippen LogP contribution in [-0.4, -0.2) is 24.7 Å². The van der Waals surface area contributed by atoms with Crippen molar-refractivity contribution >= 4 is 11.6 Å². The van der Waals surface area contributed by atoms with Crippen LogP contribution in [0.15, 0.2) is 24.3 Å². The van der Waals surface area contributed by atoms with Crippen LogP contribution in [0, 0.1) is 5.92 Å². The van der Waals surface area contributed by atoms with E-state index < -0.39 is 0 Å². The molecule has 3 atom stereocenters. The monoisotopic (exact) mass is 288 g/mol. The summed E-state index contributed by atoms with van der Waals surface area (Å²) in [5, 5.41) is 3.00. The van der Waals surface area contributed by atoms with Gasteiger partial charge < -0.3 is 15.8 Å². The van der Waals surface area contributed by atoms with Crippen molar-refractivity contribution in [3.05, 3.63) is 29.8 Å². The highest BCUT2D eigenvalue weighted by atomic mass is 16.5. The predicted molar refractivity (Wildman–Crippen MR) is 83.1 cm³/mol. The van der Waals surface area contributed by atoms with E-state index in [2.05, 4.69) is 11.4 Å². The van der Waals surface area contributed by atoms with Crippen LogP contribution in [0.1, 0.15) is 37.7 Å². The number of hydrogen-bond donors (Lipinski definition) is 2. The van der Waals surface area contributed by atoms with Crippen molar-refractivity contribution in [2.24, 2.45) is 11.7 Å². The molecule has 1 aliphatic heterocycles. The van der Waals surface area contributed by atoms with Crippen molar-refractivity contribution < 1.29 is 9.53 Å². The third kappa shape index (κ3) is 3.27. The molecule has 0 saturated heterocycles. The number of aryl methyl sites for hydroxylation is 1. The Kier molecular flexibility index (Phi) is 4.56. The Morgan fingerprint density at radius 3 is 2.86 bits per heavy atom. The van der Waals surface area contributed by atoms with E-state index in [1.807, 2.05) is 18.2 Å². The molecule has 1 amide bonds. The van der Waals surface area contributed by atoms with Gasteiger partial charge in [0.25, 0.3) is 5.91 Å². The molecule has 114 valence electrons. The van der Waals surface area contributed by atoms with Crippen LogP contribution in [-0.2, 0) is 16.0 Å². The van der Waals surface area contributed by atoms with Crippen LogP contribution in [0.4, 0.5) is 5.69 Å². The molecule has 1 fully saturated rings. The van der Waals surface area contributed by atoms with Gasteiger partial charge in [-0.25, -0.2) is 0 Å². The molecule has 1 aromatic carbocycles. The minimum atomic E-state index is -0.352. The molecule has 1 aromatic rings. The standard InChI is InChI=1S/C17H24N2O2/c18-11-13-6-2-4-8-15(13)21-16-10-9-12-5-1-3-7-14(12)19-17(16)20/h1,3,5,7,13,15-16H,2,4,6,8-11,18H2,(H,19,20). The number of carbonyl (C=O) groups is 1. The van der Waals surface area contributed by atoms with E-state index >= 15 is 0 Å². The number of rotatable bonds is 3. The summed E-state index contributed by atoms with van der Waals surface area (Å²) in [6, 6.07) is 7.99. The molecule has 4 heteroatoms. The third-order valence-electron chi connectivity index (χ3n) is 4.72. The Morgan fingerprint density at radius 2 is 2.00 bits per heavy atom. The normalized spacial score (nSPS) is 29.4. The number of ether oxygens (including phenoxy) is 1. The lowest BCUT2D eigenvalue weighted by Gasteiger charge is -2.33. The van der Waals surface area contributed by atoms with Gasteiger partial charge in [0.15, 0.2) is 0 Å². The Balaban J connectivity index is 1.68. The van der Waals surface area contributed by atoms with E-state index in [0.717, 1.165) is 31.4 Å². The number of para-hydroxylation sites is 1. The number of nitrogens with one attached hydrogen (secondary N) is 1. The molecule has 1 aliphatic carbocycles. The first-order valence-electron chi connectivity index (χ1n) is 8.02. The zero-order valence-electron chi connectivity index (χ0n) is 12.4. The molecule has 0 bridgehead atoms. The summed E-state index contributed by atoms with van der Waals surface area (Å²) in [5.41, 5.74) is 7.97. The van der Waals surface area contributed by atoms with Gasteiger partial charge in [-0.1, -0.05) is 31.0 Å². The smallest absolute Gasteiger partial charge is 0.253 e. The Morgan fingerprint density at radius 1 is 1.19 bits per heavy atom. The average molecular weight is 288 g/mol. The lowest BCUT2D eigenvalue weighted by molar-refractivity contribution is -0.135. The second kappa shape index (κ2) is 6.58. The maximum Gasteiger partial charge on any atom is 0.253 e. The highest BCUT2D eigenvalue weighted by Crippen LogP contribution is 2.29. The first-order chi connectivity index (χ1) is 10.3. The van der Waals surface area contributed by atoms with Crippen LogP contribution < -0.4 is 11.1 Å². The first-order valence-corrected chi connectivity index (χ1v) is 8.02. The number of amides is 1. The van der Waals surface area contributed by atoms with Crippen LogP contribution in [0.25, 0.3) is 0 Å². The van der Waals surface area contributed by atoms with Crippen molar-refractivity contribution in [1.29, 1.82) is 0 Å². The zero-order chi connectivity index (χ0) is 14.7. The van der Waals surface area contributed by atoms with Crippen molar-refractivity contribution in [3.63, 3.8) is 0 Å². The number of carbonyl (C=O) groups excluding carboxylic acids is 1. The van der Waals surface area contributed by atoms with Gasteiger partial charge in [0, 0.05) is 5.69 Å². The number of anilines is 1. The van der Waals surface area contributed by atoms with E-state index in [4.69, 9.17) is 10.5 Å². The lowest BCUT2D eigenvalue weighted by atomic mass is 9.86. The summed E-state index contributed by atoms with van der Waals surface area (Å²) in [4.78, 5) is 12.4. The van der Waals surface area contributed by atoms with Crippen molar-refractivity contribution in [1.82, 2.24) is 0 Å². The van der Waals surface area contributed by atoms with E-state index in [0.29, 0.717) is 12.5 Å². The van der Waals surface area contributed by atoms with Crippen molar-refractivity contribution in [2.75, 3.05) is 11.9 Å². The van der Waals surface area contributed by atoms with E-state index in [-0.39, 0.29) is 18.1 Å². The Labute approximate surface area is 126 Å². The van der Waals surface area contributed by atoms with E-state index in [1.165, 1.54) is 18.4 Å². The lowest BCUT2D eigenvalue weighted by Crippen LogP contribution is -2.40. The molecule has 21 heavy (non-hydrogen) atoms. The summed E-state index contributed by atoms with van der Waals surface area (Å²) >= 11 is 0. The summed E-state index contributed by atoms with van der Waals surface area (Å²) in [6.45, 7) is 0.652. The molecule has 1 saturated carbocycles. The second-order valence-corrected chi connectivity index (χ2v) is 6.13. The zero-order valence-corrected chi connectivity index (χ0v) is 12.4. The van der Waals surface area contributed by atoms with Crippen molar-refractivity contribution in [2.45, 2.75) is 50.7 Å². The van der Waals surface area contributed by atoms with E-state index in [1.54, 1.807) is 0 Å². The molecule has 4 nitrogen and oxygen atoms in total. The molecular weight excluding hydrogens is 264 g/mol. The summed E-state index contributed by atoms with van der Waals surface area (Å²) in [5.74, 6) is 0.387. The topological polar surface area (TPSA) is 64.3 Å². The van der Waals surface area contributed by atoms with E-state index in [9.17, 15) is 4.79 Å². The number of benzene rings is 1. The molecule has 3 N–H and O–H groups in total. The summed E-state index contributed by atoms with van der Waals surface area (Å²) in [7, 11) is 0. The fraction of sp³-hybridized carbons (Fsp3) is 0.588. The third-order valence-corrected chi connectivity index (χ3v) is 4.72. The van der Waals surface area contributed by atoms with Gasteiger partial charge in [-0.05, 0) is 49.8 Å². The molecule has 0 aromatic heterocycles. The van der Waals surface area contributed by atoms with Crippen LogP contribution in [0.2, 0.25) is 0 Å². The maximum atomic E-state index is 12.4. The highest BCUT2D eigenvalue weighted by molar-refractivity contribution is 5.95. The maximum absolute atomic E-state index is 12.4. The quantitative estimate of drug-likeness (QED) is 0.898. The van der Waals surface area contributed by atoms with Crippen LogP contribution in [0.5, 0.6) is 0 Å². The van der Waals surface area contributed by atoms with Gasteiger partial charge in [-0.15, -0.1) is 0 Å². The molecular formula is C17H24N2O2. The molecule has 3 unspecified atom stereocenters. The summed E-state index contributed by atoms with van der Waals surface area (Å²) < 4.78 is 6.17. The highest BCUT2D eigenvalue weighted by Gasteiger charge is 2.31. The molecule has 3 rings (SSSR count). The predicted octanol–water partition coefficient (Wildman–Crippen LogP) is 2.47. The molecule has 2 aliphatic rings. The number of nitrogens with two attached hydrogens (primary N) is 1. The molecule has 0 spiro atoms. The van der Waals surface area contributed by atoms with Gasteiger partial charge in [0.05, 0.1) is 6.10 Å². The fourth-order valence-electron chi connectivity index (χ4n) is 3.45. The SMILES string of the molecule is NCC1CCCCC1OC1CCc2ccccc2NC1=O. The van der Waals surface area contributed by atoms with Crippen LogP contribution >= 0.6 is 0 Å². The molecule has 1 heterocycles. The van der Waals surface area contributed by atoms with Gasteiger partial charge in [-0.2, -0.15) is 0 Å². The Hall–Kier alpha value is -1.39. The average Bonchev–Trinajstić information content (AvgIpc) is 2.67. The Bertz CT molecular complexity index is 503. The van der Waals surface area contributed by atoms with Gasteiger partial charge in [0.2, 0.25) is 0 Å².